The molecule has 0 radical (unpaired) electrons. The molecular formula is C20H27N3O. The minimum absolute atomic E-state index is 0.0160. The first-order chi connectivity index (χ1) is 11.8. The quantitative estimate of drug-likeness (QED) is 0.857. The van der Waals surface area contributed by atoms with Crippen LogP contribution in [0.3, 0.4) is 0 Å². The average molecular weight is 325 g/mol. The van der Waals surface area contributed by atoms with Gasteiger partial charge in [0.05, 0.1) is 12.6 Å². The van der Waals surface area contributed by atoms with Crippen molar-refractivity contribution >= 4 is 5.82 Å². The van der Waals surface area contributed by atoms with Crippen LogP contribution in [0.1, 0.15) is 36.9 Å². The summed E-state index contributed by atoms with van der Waals surface area (Å²) in [7, 11) is 0. The molecule has 4 nitrogen and oxygen atoms in total. The number of hydrogen-bond acceptors (Lipinski definition) is 4. The number of nitrogens with one attached hydrogen (secondary N) is 1. The molecule has 1 aliphatic heterocycles. The van der Waals surface area contributed by atoms with Crippen LogP contribution < -0.4 is 10.2 Å². The molecule has 0 spiro atoms. The highest BCUT2D eigenvalue weighted by Gasteiger charge is 2.22. The second-order valence-corrected chi connectivity index (χ2v) is 6.45. The van der Waals surface area contributed by atoms with Crippen LogP contribution in [-0.2, 0) is 6.42 Å². The zero-order chi connectivity index (χ0) is 16.8. The minimum atomic E-state index is 0.0160. The van der Waals surface area contributed by atoms with Crippen LogP contribution in [0.2, 0.25) is 0 Å². The van der Waals surface area contributed by atoms with Crippen LogP contribution in [0.25, 0.3) is 0 Å². The van der Waals surface area contributed by atoms with E-state index in [1.54, 1.807) is 0 Å². The van der Waals surface area contributed by atoms with Gasteiger partial charge in [0.25, 0.3) is 0 Å². The zero-order valence-electron chi connectivity index (χ0n) is 14.4. The summed E-state index contributed by atoms with van der Waals surface area (Å²) in [6.07, 6.45) is 5.03. The lowest BCUT2D eigenvalue weighted by molar-refractivity contribution is 0.225. The fraction of sp³-hybridized carbons (Fsp3) is 0.450. The van der Waals surface area contributed by atoms with Crippen LogP contribution in [0.4, 0.5) is 5.82 Å². The van der Waals surface area contributed by atoms with Crippen molar-refractivity contribution in [2.45, 2.75) is 38.3 Å². The van der Waals surface area contributed by atoms with Crippen molar-refractivity contribution in [3.8, 4) is 0 Å². The molecule has 2 N–H and O–H groups in total. The molecule has 1 aromatic carbocycles. The Labute approximate surface area is 144 Å². The van der Waals surface area contributed by atoms with E-state index in [-0.39, 0.29) is 12.6 Å². The van der Waals surface area contributed by atoms with Crippen molar-refractivity contribution in [3.05, 3.63) is 59.8 Å². The highest BCUT2D eigenvalue weighted by atomic mass is 16.3. The monoisotopic (exact) mass is 325 g/mol. The van der Waals surface area contributed by atoms with Gasteiger partial charge in [-0.1, -0.05) is 37.3 Å². The van der Waals surface area contributed by atoms with Gasteiger partial charge in [-0.3, -0.25) is 0 Å². The molecule has 1 saturated heterocycles. The molecule has 3 rings (SSSR count). The molecule has 4 heteroatoms. The number of pyridine rings is 1. The van der Waals surface area contributed by atoms with E-state index in [4.69, 9.17) is 0 Å². The van der Waals surface area contributed by atoms with Gasteiger partial charge in [0.1, 0.15) is 5.82 Å². The Kier molecular flexibility index (Phi) is 5.83. The first kappa shape index (κ1) is 16.9. The molecule has 128 valence electrons. The van der Waals surface area contributed by atoms with Crippen LogP contribution in [-0.4, -0.2) is 35.8 Å². The molecule has 0 bridgehead atoms. The first-order valence-corrected chi connectivity index (χ1v) is 8.92. The highest BCUT2D eigenvalue weighted by molar-refractivity contribution is 5.38. The van der Waals surface area contributed by atoms with Crippen LogP contribution >= 0.6 is 0 Å². The van der Waals surface area contributed by atoms with E-state index >= 15 is 0 Å². The van der Waals surface area contributed by atoms with Gasteiger partial charge in [0, 0.05) is 25.3 Å². The average Bonchev–Trinajstić information content (AvgIpc) is 2.67. The smallest absolute Gasteiger partial charge is 0.128 e. The van der Waals surface area contributed by atoms with Gasteiger partial charge in [0.2, 0.25) is 0 Å². The second-order valence-electron chi connectivity index (χ2n) is 6.45. The molecule has 0 saturated carbocycles. The van der Waals surface area contributed by atoms with Gasteiger partial charge in [-0.25, -0.2) is 4.98 Å². The molecule has 24 heavy (non-hydrogen) atoms. The highest BCUT2D eigenvalue weighted by Crippen LogP contribution is 2.21. The Bertz CT molecular complexity index is 607. The number of aromatic nitrogens is 1. The summed E-state index contributed by atoms with van der Waals surface area (Å²) in [5, 5.41) is 13.4. The van der Waals surface area contributed by atoms with Crippen LogP contribution in [0.15, 0.2) is 48.7 Å². The van der Waals surface area contributed by atoms with Crippen molar-refractivity contribution in [2.24, 2.45) is 0 Å². The van der Waals surface area contributed by atoms with Gasteiger partial charge in [-0.2, -0.15) is 0 Å². The second kappa shape index (κ2) is 8.27. The molecular weight excluding hydrogens is 298 g/mol. The summed E-state index contributed by atoms with van der Waals surface area (Å²) < 4.78 is 0. The Hall–Kier alpha value is -1.91. The number of anilines is 1. The van der Waals surface area contributed by atoms with Gasteiger partial charge >= 0.3 is 0 Å². The lowest BCUT2D eigenvalue weighted by Gasteiger charge is -2.35. The lowest BCUT2D eigenvalue weighted by atomic mass is 10.00. The van der Waals surface area contributed by atoms with Gasteiger partial charge in [0.15, 0.2) is 0 Å². The van der Waals surface area contributed by atoms with Gasteiger partial charge in [-0.05, 0) is 42.5 Å². The summed E-state index contributed by atoms with van der Waals surface area (Å²) in [4.78, 5) is 6.77. The number of benzene rings is 1. The third kappa shape index (κ3) is 4.13. The van der Waals surface area contributed by atoms with E-state index in [9.17, 15) is 5.11 Å². The molecule has 2 heterocycles. The van der Waals surface area contributed by atoms with E-state index < -0.39 is 0 Å². The largest absolute Gasteiger partial charge is 0.394 e. The fourth-order valence-corrected chi connectivity index (χ4v) is 3.34. The SMILES string of the molecule is CCc1ccc(C(CO)NC2CCN(c3ccccn3)CC2)cc1. The van der Waals surface area contributed by atoms with E-state index in [2.05, 4.69) is 52.5 Å². The number of aliphatic hydroxyl groups is 1. The lowest BCUT2D eigenvalue weighted by Crippen LogP contribution is -2.44. The summed E-state index contributed by atoms with van der Waals surface area (Å²) in [5.41, 5.74) is 2.50. The maximum absolute atomic E-state index is 9.78. The Morgan fingerprint density at radius 1 is 1.17 bits per heavy atom. The molecule has 1 unspecified atom stereocenters. The third-order valence-corrected chi connectivity index (χ3v) is 4.88. The van der Waals surface area contributed by atoms with E-state index in [1.807, 2.05) is 18.3 Å². The van der Waals surface area contributed by atoms with Gasteiger partial charge < -0.3 is 15.3 Å². The normalized spacial score (nSPS) is 17.0. The van der Waals surface area contributed by atoms with Crippen molar-refractivity contribution in [2.75, 3.05) is 24.6 Å². The van der Waals surface area contributed by atoms with Crippen LogP contribution in [0, 0.1) is 0 Å². The molecule has 2 aromatic rings. The summed E-state index contributed by atoms with van der Waals surface area (Å²) in [5.74, 6) is 1.06. The number of aliphatic hydroxyl groups excluding tert-OH is 1. The van der Waals surface area contributed by atoms with Crippen molar-refractivity contribution in [1.29, 1.82) is 0 Å². The number of aryl methyl sites for hydroxylation is 1. The molecule has 1 aromatic heterocycles. The molecule has 1 fully saturated rings. The third-order valence-electron chi connectivity index (χ3n) is 4.88. The predicted molar refractivity (Wildman–Crippen MR) is 98.3 cm³/mol. The number of hydrogen-bond donors (Lipinski definition) is 2. The van der Waals surface area contributed by atoms with Gasteiger partial charge in [-0.15, -0.1) is 0 Å². The molecule has 1 atom stereocenters. The summed E-state index contributed by atoms with van der Waals surface area (Å²) >= 11 is 0. The zero-order valence-corrected chi connectivity index (χ0v) is 14.4. The molecule has 0 amide bonds. The van der Waals surface area contributed by atoms with Crippen molar-refractivity contribution < 1.29 is 5.11 Å². The summed E-state index contributed by atoms with van der Waals surface area (Å²) in [6.45, 7) is 4.29. The fourth-order valence-electron chi connectivity index (χ4n) is 3.34. The standard InChI is InChI=1S/C20H27N3O/c1-2-16-6-8-17(9-7-16)19(15-24)22-18-10-13-23(14-11-18)20-5-3-4-12-21-20/h3-9,12,18-19,22,24H,2,10-11,13-15H2,1H3. The Morgan fingerprint density at radius 3 is 2.50 bits per heavy atom. The van der Waals surface area contributed by atoms with Crippen LogP contribution in [0.5, 0.6) is 0 Å². The number of nitrogens with zero attached hydrogens (tertiary/aromatic N) is 2. The van der Waals surface area contributed by atoms with Crippen molar-refractivity contribution in [1.82, 2.24) is 10.3 Å². The molecule has 1 aliphatic rings. The first-order valence-electron chi connectivity index (χ1n) is 8.92. The summed E-state index contributed by atoms with van der Waals surface area (Å²) in [6, 6.07) is 15.1. The van der Waals surface area contributed by atoms with E-state index in [0.29, 0.717) is 6.04 Å². The van der Waals surface area contributed by atoms with E-state index in [0.717, 1.165) is 38.2 Å². The maximum Gasteiger partial charge on any atom is 0.128 e. The Morgan fingerprint density at radius 2 is 1.92 bits per heavy atom. The van der Waals surface area contributed by atoms with Crippen molar-refractivity contribution in [3.63, 3.8) is 0 Å². The number of piperidine rings is 1. The number of rotatable bonds is 6. The minimum Gasteiger partial charge on any atom is -0.394 e. The predicted octanol–water partition coefficient (Wildman–Crippen LogP) is 2.94. The maximum atomic E-state index is 9.78. The Balaban J connectivity index is 1.55. The van der Waals surface area contributed by atoms with E-state index in [1.165, 1.54) is 11.1 Å². The topological polar surface area (TPSA) is 48.4 Å². The molecule has 0 aliphatic carbocycles.